The van der Waals surface area contributed by atoms with Crippen LogP contribution in [0.4, 0.5) is 0 Å². The van der Waals surface area contributed by atoms with Crippen LogP contribution in [-0.2, 0) is 23.4 Å². The Morgan fingerprint density at radius 2 is 1.95 bits per heavy atom. The highest BCUT2D eigenvalue weighted by molar-refractivity contribution is 7.98. The third kappa shape index (κ3) is 4.10. The highest BCUT2D eigenvalue weighted by Gasteiger charge is 2.05. The van der Waals surface area contributed by atoms with Crippen LogP contribution in [0.25, 0.3) is 0 Å². The number of aromatic nitrogens is 2. The van der Waals surface area contributed by atoms with Crippen LogP contribution in [-0.4, -0.2) is 21.3 Å². The van der Waals surface area contributed by atoms with E-state index in [-0.39, 0.29) is 6.42 Å². The third-order valence-corrected chi connectivity index (χ3v) is 3.45. The van der Waals surface area contributed by atoms with E-state index in [0.29, 0.717) is 17.5 Å². The maximum absolute atomic E-state index is 10.6. The Hall–Kier alpha value is -1.82. The van der Waals surface area contributed by atoms with Crippen LogP contribution in [0, 0.1) is 0 Å². The lowest BCUT2D eigenvalue weighted by Crippen LogP contribution is -1.99. The minimum atomic E-state index is -0.821. The van der Waals surface area contributed by atoms with Gasteiger partial charge in [-0.25, -0.2) is 0 Å². The van der Waals surface area contributed by atoms with Gasteiger partial charge in [-0.1, -0.05) is 19.1 Å². The van der Waals surface area contributed by atoms with Crippen LogP contribution >= 0.6 is 11.8 Å². The first kappa shape index (κ1) is 13.6. The van der Waals surface area contributed by atoms with E-state index in [1.54, 1.807) is 11.8 Å². The number of aliphatic carboxylic acids is 1. The van der Waals surface area contributed by atoms with Crippen molar-refractivity contribution in [1.82, 2.24) is 10.2 Å². The van der Waals surface area contributed by atoms with Crippen molar-refractivity contribution in [3.05, 3.63) is 41.6 Å². The Kier molecular flexibility index (Phi) is 4.57. The van der Waals surface area contributed by atoms with Crippen molar-refractivity contribution in [2.24, 2.45) is 0 Å². The summed E-state index contributed by atoms with van der Waals surface area (Å²) in [6.45, 7) is 1.96. The van der Waals surface area contributed by atoms with Crippen molar-refractivity contribution in [3.63, 3.8) is 0 Å². The first-order valence-electron chi connectivity index (χ1n) is 5.92. The Morgan fingerprint density at radius 1 is 1.26 bits per heavy atom. The van der Waals surface area contributed by atoms with Gasteiger partial charge in [-0.2, -0.15) is 0 Å². The number of carboxylic acid groups (broad SMARTS) is 1. The lowest BCUT2D eigenvalue weighted by molar-refractivity contribution is -0.136. The van der Waals surface area contributed by atoms with Crippen molar-refractivity contribution in [2.45, 2.75) is 30.4 Å². The molecule has 100 valence electrons. The predicted molar refractivity (Wildman–Crippen MR) is 71.0 cm³/mol. The molecule has 0 unspecified atom stereocenters. The zero-order valence-electron chi connectivity index (χ0n) is 10.5. The molecule has 1 N–H and O–H groups in total. The zero-order chi connectivity index (χ0) is 13.7. The smallest absolute Gasteiger partial charge is 0.307 e. The maximum Gasteiger partial charge on any atom is 0.307 e. The van der Waals surface area contributed by atoms with Crippen LogP contribution in [0.5, 0.6) is 0 Å². The van der Waals surface area contributed by atoms with Crippen LogP contribution in [0.2, 0.25) is 0 Å². The topological polar surface area (TPSA) is 76.2 Å². The largest absolute Gasteiger partial charge is 0.481 e. The Bertz CT molecular complexity index is 551. The maximum atomic E-state index is 10.6. The third-order valence-electron chi connectivity index (χ3n) is 2.45. The molecule has 0 saturated carbocycles. The molecule has 0 aliphatic rings. The molecule has 1 aromatic carbocycles. The van der Waals surface area contributed by atoms with Gasteiger partial charge in [0, 0.05) is 11.3 Å². The van der Waals surface area contributed by atoms with Gasteiger partial charge >= 0.3 is 5.97 Å². The Labute approximate surface area is 115 Å². The minimum absolute atomic E-state index is 0.0501. The standard InChI is InChI=1S/C13H14N2O3S/c1-2-11-14-15-12(18-11)8-19-10-5-3-9(4-6-10)7-13(16)17/h3-6H,2,7-8H2,1H3,(H,16,17). The van der Waals surface area contributed by atoms with Crippen molar-refractivity contribution in [3.8, 4) is 0 Å². The number of rotatable bonds is 6. The molecule has 0 bridgehead atoms. The average molecular weight is 278 g/mol. The number of benzene rings is 1. The predicted octanol–water partition coefficient (Wildman–Crippen LogP) is 2.55. The van der Waals surface area contributed by atoms with Gasteiger partial charge in [0.1, 0.15) is 0 Å². The molecule has 19 heavy (non-hydrogen) atoms. The van der Waals surface area contributed by atoms with Crippen molar-refractivity contribution < 1.29 is 14.3 Å². The molecule has 2 rings (SSSR count). The summed E-state index contributed by atoms with van der Waals surface area (Å²) in [6.07, 6.45) is 0.788. The van der Waals surface area contributed by atoms with E-state index in [2.05, 4.69) is 10.2 Å². The van der Waals surface area contributed by atoms with Gasteiger partial charge in [0.2, 0.25) is 11.8 Å². The molecular weight excluding hydrogens is 264 g/mol. The fourth-order valence-electron chi connectivity index (χ4n) is 1.51. The molecule has 5 nitrogen and oxygen atoms in total. The number of aryl methyl sites for hydroxylation is 1. The molecule has 1 aromatic heterocycles. The van der Waals surface area contributed by atoms with E-state index in [0.717, 1.165) is 16.9 Å². The van der Waals surface area contributed by atoms with E-state index < -0.39 is 5.97 Å². The number of carboxylic acids is 1. The summed E-state index contributed by atoms with van der Waals surface area (Å²) in [5.41, 5.74) is 0.794. The van der Waals surface area contributed by atoms with Gasteiger partial charge in [0.05, 0.1) is 12.2 Å². The normalized spacial score (nSPS) is 10.6. The summed E-state index contributed by atoms with van der Waals surface area (Å²) < 4.78 is 5.41. The quantitative estimate of drug-likeness (QED) is 0.818. The zero-order valence-corrected chi connectivity index (χ0v) is 11.3. The molecule has 0 saturated heterocycles. The molecule has 2 aromatic rings. The van der Waals surface area contributed by atoms with Crippen LogP contribution in [0.1, 0.15) is 24.3 Å². The summed E-state index contributed by atoms with van der Waals surface area (Å²) in [6, 6.07) is 7.45. The first-order chi connectivity index (χ1) is 9.17. The van der Waals surface area contributed by atoms with E-state index in [4.69, 9.17) is 9.52 Å². The average Bonchev–Trinajstić information content (AvgIpc) is 2.85. The summed E-state index contributed by atoms with van der Waals surface area (Å²) in [4.78, 5) is 11.6. The highest BCUT2D eigenvalue weighted by Crippen LogP contribution is 2.22. The van der Waals surface area contributed by atoms with Crippen LogP contribution < -0.4 is 0 Å². The number of thioether (sulfide) groups is 1. The second-order valence-electron chi connectivity index (χ2n) is 3.95. The molecule has 6 heteroatoms. The molecule has 0 amide bonds. The van der Waals surface area contributed by atoms with Crippen molar-refractivity contribution >= 4 is 17.7 Å². The number of hydrogen-bond donors (Lipinski definition) is 1. The second-order valence-corrected chi connectivity index (χ2v) is 4.99. The summed E-state index contributed by atoms with van der Waals surface area (Å²) in [5.74, 6) is 1.05. The van der Waals surface area contributed by atoms with Gasteiger partial charge in [0.25, 0.3) is 0 Å². The van der Waals surface area contributed by atoms with Gasteiger partial charge in [-0.3, -0.25) is 4.79 Å². The highest BCUT2D eigenvalue weighted by atomic mass is 32.2. The number of hydrogen-bond acceptors (Lipinski definition) is 5. The number of carbonyl (C=O) groups is 1. The second kappa shape index (κ2) is 6.38. The minimum Gasteiger partial charge on any atom is -0.481 e. The van der Waals surface area contributed by atoms with Gasteiger partial charge < -0.3 is 9.52 Å². The fraction of sp³-hybridized carbons (Fsp3) is 0.308. The monoisotopic (exact) mass is 278 g/mol. The molecule has 0 fully saturated rings. The van der Waals surface area contributed by atoms with E-state index in [1.165, 1.54) is 0 Å². The first-order valence-corrected chi connectivity index (χ1v) is 6.90. The lowest BCUT2D eigenvalue weighted by Gasteiger charge is -2.00. The fourth-order valence-corrected chi connectivity index (χ4v) is 2.25. The van der Waals surface area contributed by atoms with Gasteiger partial charge in [-0.05, 0) is 17.7 Å². The summed E-state index contributed by atoms with van der Waals surface area (Å²) in [5, 5.41) is 16.5. The summed E-state index contributed by atoms with van der Waals surface area (Å²) in [7, 11) is 0. The number of nitrogens with zero attached hydrogens (tertiary/aromatic N) is 2. The van der Waals surface area contributed by atoms with Crippen LogP contribution in [0.15, 0.2) is 33.6 Å². The van der Waals surface area contributed by atoms with E-state index in [1.807, 2.05) is 31.2 Å². The Balaban J connectivity index is 1.90. The molecule has 0 atom stereocenters. The van der Waals surface area contributed by atoms with Crippen molar-refractivity contribution in [1.29, 1.82) is 0 Å². The van der Waals surface area contributed by atoms with E-state index >= 15 is 0 Å². The molecule has 0 radical (unpaired) electrons. The van der Waals surface area contributed by atoms with Gasteiger partial charge in [0.15, 0.2) is 0 Å². The van der Waals surface area contributed by atoms with Crippen molar-refractivity contribution in [2.75, 3.05) is 0 Å². The van der Waals surface area contributed by atoms with E-state index in [9.17, 15) is 4.79 Å². The lowest BCUT2D eigenvalue weighted by atomic mass is 10.2. The van der Waals surface area contributed by atoms with Gasteiger partial charge in [-0.15, -0.1) is 22.0 Å². The molecule has 0 aliphatic heterocycles. The molecular formula is C13H14N2O3S. The SMILES string of the molecule is CCc1nnc(CSc2ccc(CC(=O)O)cc2)o1. The molecule has 1 heterocycles. The summed E-state index contributed by atoms with van der Waals surface area (Å²) >= 11 is 1.58. The Morgan fingerprint density at radius 3 is 2.53 bits per heavy atom. The molecule has 0 spiro atoms. The van der Waals surface area contributed by atoms with Crippen LogP contribution in [0.3, 0.4) is 0 Å². The molecule has 0 aliphatic carbocycles.